The molecule has 1 amide bonds. The molecule has 0 radical (unpaired) electrons. The number of Topliss-reactive ketones (excluding diaryl/α,β-unsaturated/α-hetero) is 1. The van der Waals surface area contributed by atoms with E-state index in [4.69, 9.17) is 0 Å². The Morgan fingerprint density at radius 3 is 2.19 bits per heavy atom. The maximum Gasteiger partial charge on any atom is 0.268 e. The van der Waals surface area contributed by atoms with Crippen molar-refractivity contribution in [1.29, 1.82) is 0 Å². The van der Waals surface area contributed by atoms with Gasteiger partial charge in [-0.25, -0.2) is 0 Å². The van der Waals surface area contributed by atoms with Crippen molar-refractivity contribution in [1.82, 2.24) is 15.3 Å². The van der Waals surface area contributed by atoms with E-state index in [1.165, 1.54) is 6.92 Å². The van der Waals surface area contributed by atoms with Crippen LogP contribution >= 0.6 is 0 Å². The van der Waals surface area contributed by atoms with Crippen LogP contribution in [0.1, 0.15) is 56.2 Å². The molecule has 2 N–H and O–H groups in total. The predicted molar refractivity (Wildman–Crippen MR) is 100 cm³/mol. The van der Waals surface area contributed by atoms with Crippen LogP contribution in [0.3, 0.4) is 0 Å². The van der Waals surface area contributed by atoms with Crippen LogP contribution in [0.25, 0.3) is 0 Å². The number of aryl methyl sites for hydroxylation is 1. The summed E-state index contributed by atoms with van der Waals surface area (Å²) in [6.07, 6.45) is 3.41. The fourth-order valence-electron chi connectivity index (χ4n) is 3.27. The quantitative estimate of drug-likeness (QED) is 0.690. The monoisotopic (exact) mass is 347 g/mol. The lowest BCUT2D eigenvalue weighted by molar-refractivity contribution is 0.0937. The fraction of sp³-hybridized carbons (Fsp3) is 0.190. The highest BCUT2D eigenvalue weighted by Gasteiger charge is 2.23. The van der Waals surface area contributed by atoms with Gasteiger partial charge in [-0.3, -0.25) is 14.6 Å². The third-order valence-electron chi connectivity index (χ3n) is 4.46. The van der Waals surface area contributed by atoms with Gasteiger partial charge in [-0.05, 0) is 49.6 Å². The molecule has 0 aliphatic rings. The Kier molecular flexibility index (Phi) is 4.98. The Morgan fingerprint density at radius 1 is 1.00 bits per heavy atom. The van der Waals surface area contributed by atoms with Gasteiger partial charge in [-0.15, -0.1) is 0 Å². The number of amides is 1. The number of ketones is 1. The topological polar surface area (TPSA) is 74.8 Å². The first-order chi connectivity index (χ1) is 12.5. The van der Waals surface area contributed by atoms with Crippen molar-refractivity contribution in [2.45, 2.75) is 26.8 Å². The van der Waals surface area contributed by atoms with Gasteiger partial charge in [0.15, 0.2) is 5.78 Å². The maximum absolute atomic E-state index is 12.9. The van der Waals surface area contributed by atoms with E-state index in [0.29, 0.717) is 22.5 Å². The number of hydrogen-bond acceptors (Lipinski definition) is 3. The van der Waals surface area contributed by atoms with E-state index in [0.717, 1.165) is 11.1 Å². The molecule has 1 aromatic carbocycles. The number of rotatable bonds is 5. The number of pyridine rings is 1. The second kappa shape index (κ2) is 7.35. The average molecular weight is 347 g/mol. The summed E-state index contributed by atoms with van der Waals surface area (Å²) in [7, 11) is 0. The number of carbonyl (C=O) groups is 2. The highest BCUT2D eigenvalue weighted by atomic mass is 16.2. The summed E-state index contributed by atoms with van der Waals surface area (Å²) < 4.78 is 0. The number of benzene rings is 1. The standard InChI is InChI=1S/C21H21N3O2/c1-13-18(15(3)25)14(2)23-19(13)21(26)24-20(16-7-5-4-6-8-16)17-9-11-22-12-10-17/h4-12,20,23H,1-3H3,(H,24,26)/t20-/m0/s1. The van der Waals surface area contributed by atoms with Gasteiger partial charge in [0, 0.05) is 23.7 Å². The van der Waals surface area contributed by atoms with Crippen molar-refractivity contribution in [2.75, 3.05) is 0 Å². The zero-order chi connectivity index (χ0) is 18.7. The molecule has 3 rings (SSSR count). The third kappa shape index (κ3) is 3.42. The normalized spacial score (nSPS) is 11.8. The minimum Gasteiger partial charge on any atom is -0.354 e. The number of nitrogens with zero attached hydrogens (tertiary/aromatic N) is 1. The van der Waals surface area contributed by atoms with Crippen molar-refractivity contribution < 1.29 is 9.59 Å². The highest BCUT2D eigenvalue weighted by Crippen LogP contribution is 2.24. The first kappa shape index (κ1) is 17.6. The molecular formula is C21H21N3O2. The summed E-state index contributed by atoms with van der Waals surface area (Å²) in [6, 6.07) is 13.2. The molecule has 5 heteroatoms. The molecule has 2 aromatic heterocycles. The van der Waals surface area contributed by atoms with Gasteiger partial charge in [0.25, 0.3) is 5.91 Å². The van der Waals surface area contributed by atoms with E-state index in [2.05, 4.69) is 15.3 Å². The first-order valence-corrected chi connectivity index (χ1v) is 8.45. The molecule has 0 spiro atoms. The average Bonchev–Trinajstić information content (AvgIpc) is 2.95. The van der Waals surface area contributed by atoms with Crippen molar-refractivity contribution in [3.8, 4) is 0 Å². The molecule has 132 valence electrons. The van der Waals surface area contributed by atoms with Crippen LogP contribution in [0, 0.1) is 13.8 Å². The van der Waals surface area contributed by atoms with Gasteiger partial charge in [0.2, 0.25) is 0 Å². The number of aromatic nitrogens is 2. The molecule has 1 atom stereocenters. The number of carbonyl (C=O) groups excluding carboxylic acids is 2. The molecule has 26 heavy (non-hydrogen) atoms. The summed E-state index contributed by atoms with van der Waals surface area (Å²) in [5.74, 6) is -0.298. The Labute approximate surface area is 152 Å². The van der Waals surface area contributed by atoms with Crippen molar-refractivity contribution in [2.24, 2.45) is 0 Å². The van der Waals surface area contributed by atoms with Gasteiger partial charge >= 0.3 is 0 Å². The van der Waals surface area contributed by atoms with Gasteiger partial charge < -0.3 is 10.3 Å². The first-order valence-electron chi connectivity index (χ1n) is 8.45. The zero-order valence-electron chi connectivity index (χ0n) is 15.0. The molecule has 0 saturated heterocycles. The predicted octanol–water partition coefficient (Wildman–Crippen LogP) is 3.75. The molecule has 0 bridgehead atoms. The van der Waals surface area contributed by atoms with Crippen LogP contribution in [0.5, 0.6) is 0 Å². The van der Waals surface area contributed by atoms with Crippen LogP contribution in [-0.2, 0) is 0 Å². The molecule has 0 aliphatic carbocycles. The van der Waals surface area contributed by atoms with E-state index in [1.807, 2.05) is 42.5 Å². The summed E-state index contributed by atoms with van der Waals surface area (Å²) in [4.78, 5) is 31.9. The summed E-state index contributed by atoms with van der Waals surface area (Å²) in [5.41, 5.74) is 4.29. The molecule has 0 saturated carbocycles. The van der Waals surface area contributed by atoms with Crippen LogP contribution in [0.15, 0.2) is 54.9 Å². The van der Waals surface area contributed by atoms with Gasteiger partial charge in [-0.1, -0.05) is 30.3 Å². The van der Waals surface area contributed by atoms with Crippen LogP contribution in [0.4, 0.5) is 0 Å². The van der Waals surface area contributed by atoms with E-state index >= 15 is 0 Å². The molecule has 0 fully saturated rings. The van der Waals surface area contributed by atoms with Crippen LogP contribution < -0.4 is 5.32 Å². The van der Waals surface area contributed by atoms with E-state index in [-0.39, 0.29) is 17.7 Å². The fourth-order valence-corrected chi connectivity index (χ4v) is 3.27. The lowest BCUT2D eigenvalue weighted by Crippen LogP contribution is -2.30. The van der Waals surface area contributed by atoms with E-state index in [1.54, 1.807) is 26.2 Å². The Morgan fingerprint density at radius 2 is 1.62 bits per heavy atom. The number of aromatic amines is 1. The Bertz CT molecular complexity index is 891. The summed E-state index contributed by atoms with van der Waals surface area (Å²) >= 11 is 0. The zero-order valence-corrected chi connectivity index (χ0v) is 15.0. The Hall–Kier alpha value is -3.21. The molecule has 0 unspecified atom stereocenters. The van der Waals surface area contributed by atoms with Gasteiger partial charge in [-0.2, -0.15) is 0 Å². The van der Waals surface area contributed by atoms with Gasteiger partial charge in [0.05, 0.1) is 6.04 Å². The molecule has 5 nitrogen and oxygen atoms in total. The smallest absolute Gasteiger partial charge is 0.268 e. The minimum absolute atomic E-state index is 0.0518. The third-order valence-corrected chi connectivity index (χ3v) is 4.46. The largest absolute Gasteiger partial charge is 0.354 e. The molecule has 0 aliphatic heterocycles. The second-order valence-electron chi connectivity index (χ2n) is 6.28. The SMILES string of the molecule is CC(=O)c1c(C)[nH]c(C(=O)N[C@@H](c2ccccc2)c2ccncc2)c1C. The molecule has 3 aromatic rings. The van der Waals surface area contributed by atoms with E-state index < -0.39 is 0 Å². The lowest BCUT2D eigenvalue weighted by atomic mass is 9.99. The maximum atomic E-state index is 12.9. The molecular weight excluding hydrogens is 326 g/mol. The van der Waals surface area contributed by atoms with Crippen molar-refractivity contribution in [3.63, 3.8) is 0 Å². The second-order valence-corrected chi connectivity index (χ2v) is 6.28. The van der Waals surface area contributed by atoms with E-state index in [9.17, 15) is 9.59 Å². The highest BCUT2D eigenvalue weighted by molar-refractivity contribution is 6.02. The van der Waals surface area contributed by atoms with Crippen molar-refractivity contribution >= 4 is 11.7 Å². The minimum atomic E-state index is -0.310. The van der Waals surface area contributed by atoms with Crippen molar-refractivity contribution in [3.05, 3.63) is 88.5 Å². The van der Waals surface area contributed by atoms with Crippen LogP contribution in [0.2, 0.25) is 0 Å². The number of hydrogen-bond donors (Lipinski definition) is 2. The molecule has 2 heterocycles. The number of nitrogens with one attached hydrogen (secondary N) is 2. The van der Waals surface area contributed by atoms with Crippen LogP contribution in [-0.4, -0.2) is 21.7 Å². The number of H-pyrrole nitrogens is 1. The Balaban J connectivity index is 1.97. The summed E-state index contributed by atoms with van der Waals surface area (Å²) in [6.45, 7) is 5.10. The summed E-state index contributed by atoms with van der Waals surface area (Å²) in [5, 5.41) is 3.08. The van der Waals surface area contributed by atoms with Gasteiger partial charge in [0.1, 0.15) is 5.69 Å². The lowest BCUT2D eigenvalue weighted by Gasteiger charge is -2.19.